The Kier molecular flexibility index (Phi) is 5.24. The van der Waals surface area contributed by atoms with Gasteiger partial charge in [0.05, 0.1) is 24.0 Å². The fourth-order valence-corrected chi connectivity index (χ4v) is 3.99. The second-order valence-corrected chi connectivity index (χ2v) is 8.25. The maximum absolute atomic E-state index is 11.4. The lowest BCUT2D eigenvalue weighted by atomic mass is 10.1. The van der Waals surface area contributed by atoms with Crippen LogP contribution in [-0.2, 0) is 16.6 Å². The molecule has 3 rings (SSSR count). The van der Waals surface area contributed by atoms with Gasteiger partial charge in [-0.05, 0) is 31.5 Å². The van der Waals surface area contributed by atoms with Crippen molar-refractivity contribution in [3.05, 3.63) is 41.4 Å². The molecule has 2 heterocycles. The molecule has 0 bridgehead atoms. The zero-order valence-electron chi connectivity index (χ0n) is 13.4. The average Bonchev–Trinajstić information content (AvgIpc) is 2.94. The van der Waals surface area contributed by atoms with E-state index in [0.717, 1.165) is 24.9 Å². The Morgan fingerprint density at radius 2 is 2.21 bits per heavy atom. The number of nitrogens with zero attached hydrogens (tertiary/aromatic N) is 2. The minimum atomic E-state index is -3.19. The van der Waals surface area contributed by atoms with Crippen molar-refractivity contribution in [1.82, 2.24) is 14.6 Å². The van der Waals surface area contributed by atoms with Crippen molar-refractivity contribution in [3.8, 4) is 11.3 Å². The first-order valence-electron chi connectivity index (χ1n) is 7.80. The maximum Gasteiger partial charge on any atom is 0.209 e. The quantitative estimate of drug-likeness (QED) is 0.876. The van der Waals surface area contributed by atoms with Gasteiger partial charge in [-0.15, -0.1) is 0 Å². The molecular weight excluding hydrogens is 350 g/mol. The van der Waals surface area contributed by atoms with Crippen molar-refractivity contribution in [1.29, 1.82) is 0 Å². The number of sulfonamides is 1. The molecule has 1 atom stereocenters. The molecule has 2 aromatic rings. The van der Waals surface area contributed by atoms with Crippen LogP contribution in [0, 0.1) is 0 Å². The Bertz CT molecular complexity index is 806. The first-order chi connectivity index (χ1) is 11.4. The summed E-state index contributed by atoms with van der Waals surface area (Å²) in [6, 6.07) is 7.40. The normalized spacial score (nSPS) is 19.5. The number of hydrogen-bond acceptors (Lipinski definition) is 5. The van der Waals surface area contributed by atoms with E-state index in [4.69, 9.17) is 16.0 Å². The smallest absolute Gasteiger partial charge is 0.209 e. The van der Waals surface area contributed by atoms with Crippen LogP contribution in [0.3, 0.4) is 0 Å². The Morgan fingerprint density at radius 3 is 2.96 bits per heavy atom. The summed E-state index contributed by atoms with van der Waals surface area (Å²) in [5.41, 5.74) is 0.813. The number of likely N-dealkylation sites (tertiary alicyclic amines) is 1. The first-order valence-corrected chi connectivity index (χ1v) is 10.1. The van der Waals surface area contributed by atoms with Crippen LogP contribution in [0.5, 0.6) is 0 Å². The highest BCUT2D eigenvalue weighted by Crippen LogP contribution is 2.28. The first kappa shape index (κ1) is 17.4. The standard InChI is InChI=1S/C16H20ClN3O3S/c1-24(21,22)19-12-5-4-8-20(10-12)11-16-18-9-15(23-16)13-6-2-3-7-14(13)17/h2-3,6-7,9,12,19H,4-5,8,10-11H2,1H3. The fourth-order valence-electron chi connectivity index (χ4n) is 2.96. The largest absolute Gasteiger partial charge is 0.439 e. The van der Waals surface area contributed by atoms with Gasteiger partial charge >= 0.3 is 0 Å². The third kappa shape index (κ3) is 4.57. The van der Waals surface area contributed by atoms with Crippen LogP contribution in [0.4, 0.5) is 0 Å². The summed E-state index contributed by atoms with van der Waals surface area (Å²) in [5, 5.41) is 0.621. The number of nitrogens with one attached hydrogen (secondary N) is 1. The molecule has 130 valence electrons. The number of aromatic nitrogens is 1. The van der Waals surface area contributed by atoms with Gasteiger partial charge in [0.25, 0.3) is 0 Å². The molecule has 0 radical (unpaired) electrons. The minimum Gasteiger partial charge on any atom is -0.439 e. The number of halogens is 1. The number of hydrogen-bond donors (Lipinski definition) is 1. The molecule has 0 aliphatic carbocycles. The van der Waals surface area contributed by atoms with Crippen LogP contribution in [0.25, 0.3) is 11.3 Å². The van der Waals surface area contributed by atoms with Gasteiger partial charge in [-0.25, -0.2) is 18.1 Å². The van der Waals surface area contributed by atoms with Crippen molar-refractivity contribution in [2.75, 3.05) is 19.3 Å². The van der Waals surface area contributed by atoms with Crippen molar-refractivity contribution in [3.63, 3.8) is 0 Å². The molecular formula is C16H20ClN3O3S. The summed E-state index contributed by atoms with van der Waals surface area (Å²) in [5.74, 6) is 1.24. The van der Waals surface area contributed by atoms with E-state index in [1.54, 1.807) is 6.20 Å². The highest BCUT2D eigenvalue weighted by Gasteiger charge is 2.23. The van der Waals surface area contributed by atoms with Crippen molar-refractivity contribution < 1.29 is 12.8 Å². The van der Waals surface area contributed by atoms with E-state index in [2.05, 4.69) is 14.6 Å². The topological polar surface area (TPSA) is 75.4 Å². The predicted octanol–water partition coefficient (Wildman–Crippen LogP) is 2.51. The Morgan fingerprint density at radius 1 is 1.42 bits per heavy atom. The van der Waals surface area contributed by atoms with Gasteiger partial charge in [-0.3, -0.25) is 4.90 Å². The molecule has 1 aromatic heterocycles. The summed E-state index contributed by atoms with van der Waals surface area (Å²) >= 11 is 6.18. The van der Waals surface area contributed by atoms with Gasteiger partial charge in [0.2, 0.25) is 15.9 Å². The number of benzene rings is 1. The molecule has 1 unspecified atom stereocenters. The lowest BCUT2D eigenvalue weighted by Crippen LogP contribution is -2.47. The fraction of sp³-hybridized carbons (Fsp3) is 0.438. The van der Waals surface area contributed by atoms with E-state index in [1.165, 1.54) is 6.26 Å². The lowest BCUT2D eigenvalue weighted by Gasteiger charge is -2.31. The van der Waals surface area contributed by atoms with E-state index < -0.39 is 10.0 Å². The van der Waals surface area contributed by atoms with Gasteiger partial charge < -0.3 is 4.42 Å². The number of oxazole rings is 1. The molecule has 1 N–H and O–H groups in total. The average molecular weight is 370 g/mol. The van der Waals surface area contributed by atoms with Gasteiger partial charge in [0, 0.05) is 18.2 Å². The van der Waals surface area contributed by atoms with Gasteiger partial charge in [-0.1, -0.05) is 23.7 Å². The summed E-state index contributed by atoms with van der Waals surface area (Å²) in [4.78, 5) is 6.47. The van der Waals surface area contributed by atoms with E-state index in [0.29, 0.717) is 29.8 Å². The van der Waals surface area contributed by atoms with Crippen LogP contribution >= 0.6 is 11.6 Å². The SMILES string of the molecule is CS(=O)(=O)NC1CCCN(Cc2ncc(-c3ccccc3Cl)o2)C1. The summed E-state index contributed by atoms with van der Waals surface area (Å²) in [7, 11) is -3.19. The van der Waals surface area contributed by atoms with Gasteiger partial charge in [0.1, 0.15) is 0 Å². The number of piperidine rings is 1. The van der Waals surface area contributed by atoms with Crippen LogP contribution in [-0.4, -0.2) is 43.7 Å². The van der Waals surface area contributed by atoms with E-state index in [9.17, 15) is 8.42 Å². The Hall–Kier alpha value is -1.41. The van der Waals surface area contributed by atoms with Crippen molar-refractivity contribution in [2.24, 2.45) is 0 Å². The molecule has 1 saturated heterocycles. The van der Waals surface area contributed by atoms with E-state index in [1.807, 2.05) is 24.3 Å². The molecule has 6 nitrogen and oxygen atoms in total. The van der Waals surface area contributed by atoms with Crippen LogP contribution in [0.2, 0.25) is 5.02 Å². The van der Waals surface area contributed by atoms with Crippen molar-refractivity contribution >= 4 is 21.6 Å². The molecule has 0 spiro atoms. The Labute approximate surface area is 146 Å². The molecule has 0 saturated carbocycles. The molecule has 1 aliphatic heterocycles. The zero-order chi connectivity index (χ0) is 17.2. The minimum absolute atomic E-state index is 0.0632. The molecule has 1 aliphatic rings. The highest BCUT2D eigenvalue weighted by atomic mass is 35.5. The van der Waals surface area contributed by atoms with E-state index in [-0.39, 0.29) is 6.04 Å². The molecule has 24 heavy (non-hydrogen) atoms. The van der Waals surface area contributed by atoms with Crippen LogP contribution in [0.15, 0.2) is 34.9 Å². The Balaban J connectivity index is 1.65. The predicted molar refractivity (Wildman–Crippen MR) is 93.2 cm³/mol. The third-order valence-corrected chi connectivity index (χ3v) is 5.03. The van der Waals surface area contributed by atoms with Crippen LogP contribution < -0.4 is 4.72 Å². The van der Waals surface area contributed by atoms with Crippen LogP contribution in [0.1, 0.15) is 18.7 Å². The third-order valence-electron chi connectivity index (χ3n) is 3.94. The summed E-state index contributed by atoms with van der Waals surface area (Å²) in [6.07, 6.45) is 4.65. The maximum atomic E-state index is 11.4. The molecule has 8 heteroatoms. The summed E-state index contributed by atoms with van der Waals surface area (Å²) in [6.45, 7) is 2.09. The second kappa shape index (κ2) is 7.23. The van der Waals surface area contributed by atoms with Gasteiger partial charge in [-0.2, -0.15) is 0 Å². The highest BCUT2D eigenvalue weighted by molar-refractivity contribution is 7.88. The second-order valence-electron chi connectivity index (χ2n) is 6.06. The van der Waals surface area contributed by atoms with E-state index >= 15 is 0 Å². The van der Waals surface area contributed by atoms with Crippen molar-refractivity contribution in [2.45, 2.75) is 25.4 Å². The molecule has 1 aromatic carbocycles. The number of rotatable bonds is 5. The zero-order valence-corrected chi connectivity index (χ0v) is 15.0. The monoisotopic (exact) mass is 369 g/mol. The van der Waals surface area contributed by atoms with Gasteiger partial charge in [0.15, 0.2) is 5.76 Å². The lowest BCUT2D eigenvalue weighted by molar-refractivity contribution is 0.179. The summed E-state index contributed by atoms with van der Waals surface area (Å²) < 4.78 is 31.3. The molecule has 0 amide bonds. The molecule has 1 fully saturated rings.